The predicted octanol–water partition coefficient (Wildman–Crippen LogP) is 3.16. The fourth-order valence-corrected chi connectivity index (χ4v) is 4.06. The molecule has 1 amide bonds. The first-order valence-electron chi connectivity index (χ1n) is 7.98. The summed E-state index contributed by atoms with van der Waals surface area (Å²) in [5.41, 5.74) is 1.25. The SMILES string of the molecule is Cl.O=C(CC1CSCCN1)NC(c1ccccc1)C1CCC1. The van der Waals surface area contributed by atoms with Crippen LogP contribution in [0, 0.1) is 5.92 Å². The highest BCUT2D eigenvalue weighted by Crippen LogP contribution is 2.37. The molecule has 1 aliphatic heterocycles. The van der Waals surface area contributed by atoms with Gasteiger partial charge in [0.1, 0.15) is 0 Å². The molecule has 3 nitrogen and oxygen atoms in total. The van der Waals surface area contributed by atoms with Gasteiger partial charge in [-0.2, -0.15) is 11.8 Å². The maximum absolute atomic E-state index is 12.4. The molecule has 1 aliphatic carbocycles. The topological polar surface area (TPSA) is 41.1 Å². The maximum atomic E-state index is 12.4. The summed E-state index contributed by atoms with van der Waals surface area (Å²) in [6, 6.07) is 11.0. The Morgan fingerprint density at radius 3 is 2.68 bits per heavy atom. The van der Waals surface area contributed by atoms with E-state index < -0.39 is 0 Å². The van der Waals surface area contributed by atoms with Gasteiger partial charge in [0.15, 0.2) is 0 Å². The minimum absolute atomic E-state index is 0. The van der Waals surface area contributed by atoms with Gasteiger partial charge in [-0.25, -0.2) is 0 Å². The average Bonchev–Trinajstić information content (AvgIpc) is 2.47. The number of hydrogen-bond acceptors (Lipinski definition) is 3. The zero-order chi connectivity index (χ0) is 14.5. The van der Waals surface area contributed by atoms with Crippen molar-refractivity contribution >= 4 is 30.1 Å². The van der Waals surface area contributed by atoms with E-state index in [4.69, 9.17) is 0 Å². The highest BCUT2D eigenvalue weighted by atomic mass is 35.5. The summed E-state index contributed by atoms with van der Waals surface area (Å²) >= 11 is 1.94. The van der Waals surface area contributed by atoms with E-state index in [1.54, 1.807) is 0 Å². The Bertz CT molecular complexity index is 461. The Morgan fingerprint density at radius 1 is 1.32 bits per heavy atom. The van der Waals surface area contributed by atoms with Crippen LogP contribution in [0.1, 0.15) is 37.3 Å². The van der Waals surface area contributed by atoms with Crippen molar-refractivity contribution in [2.24, 2.45) is 5.92 Å². The highest BCUT2D eigenvalue weighted by Gasteiger charge is 2.30. The third-order valence-electron chi connectivity index (χ3n) is 4.53. The Morgan fingerprint density at radius 2 is 2.09 bits per heavy atom. The number of benzene rings is 1. The lowest BCUT2D eigenvalue weighted by Crippen LogP contribution is -2.43. The van der Waals surface area contributed by atoms with Crippen LogP contribution in [0.15, 0.2) is 30.3 Å². The van der Waals surface area contributed by atoms with Gasteiger partial charge in [-0.3, -0.25) is 4.79 Å². The van der Waals surface area contributed by atoms with Crippen molar-refractivity contribution < 1.29 is 4.79 Å². The maximum Gasteiger partial charge on any atom is 0.222 e. The summed E-state index contributed by atoms with van der Waals surface area (Å²) in [6.45, 7) is 1.02. The van der Waals surface area contributed by atoms with Gasteiger partial charge in [0.2, 0.25) is 5.91 Å². The van der Waals surface area contributed by atoms with Gasteiger partial charge in [-0.1, -0.05) is 36.8 Å². The first-order chi connectivity index (χ1) is 10.3. The molecule has 2 atom stereocenters. The summed E-state index contributed by atoms with van der Waals surface area (Å²) in [5.74, 6) is 3.01. The Hall–Kier alpha value is -0.710. The van der Waals surface area contributed by atoms with Crippen molar-refractivity contribution in [3.05, 3.63) is 35.9 Å². The van der Waals surface area contributed by atoms with Gasteiger partial charge >= 0.3 is 0 Å². The van der Waals surface area contributed by atoms with Gasteiger partial charge in [0.25, 0.3) is 0 Å². The van der Waals surface area contributed by atoms with Crippen molar-refractivity contribution in [3.63, 3.8) is 0 Å². The van der Waals surface area contributed by atoms with Crippen LogP contribution in [0.25, 0.3) is 0 Å². The zero-order valence-corrected chi connectivity index (χ0v) is 14.4. The normalized spacial score (nSPS) is 23.0. The van der Waals surface area contributed by atoms with Crippen LogP contribution in [0.3, 0.4) is 0 Å². The Balaban J connectivity index is 0.00000176. The minimum atomic E-state index is 0. The molecule has 2 N–H and O–H groups in total. The number of carbonyl (C=O) groups is 1. The van der Waals surface area contributed by atoms with Crippen LogP contribution >= 0.6 is 24.2 Å². The van der Waals surface area contributed by atoms with E-state index in [2.05, 4.69) is 34.9 Å². The lowest BCUT2D eigenvalue weighted by atomic mass is 9.77. The standard InChI is InChI=1S/C17H24N2OS.ClH/c20-16(11-15-12-21-10-9-18-15)19-17(14-7-4-8-14)13-5-2-1-3-6-13;/h1-3,5-6,14-15,17-18H,4,7-12H2,(H,19,20);1H. The van der Waals surface area contributed by atoms with Crippen molar-refractivity contribution in [2.75, 3.05) is 18.1 Å². The van der Waals surface area contributed by atoms with Crippen molar-refractivity contribution in [1.29, 1.82) is 0 Å². The van der Waals surface area contributed by atoms with Crippen LogP contribution < -0.4 is 10.6 Å². The molecule has 1 heterocycles. The summed E-state index contributed by atoms with van der Waals surface area (Å²) in [5, 5.41) is 6.73. The van der Waals surface area contributed by atoms with E-state index in [-0.39, 0.29) is 24.4 Å². The van der Waals surface area contributed by atoms with Gasteiger partial charge in [0, 0.05) is 30.5 Å². The van der Waals surface area contributed by atoms with Crippen LogP contribution in [0.4, 0.5) is 0 Å². The second-order valence-electron chi connectivity index (χ2n) is 6.08. The molecule has 2 aliphatic rings. The van der Waals surface area contributed by atoms with E-state index >= 15 is 0 Å². The Labute approximate surface area is 143 Å². The van der Waals surface area contributed by atoms with Crippen LogP contribution in [-0.2, 0) is 4.79 Å². The average molecular weight is 341 g/mol. The quantitative estimate of drug-likeness (QED) is 0.865. The summed E-state index contributed by atoms with van der Waals surface area (Å²) in [7, 11) is 0. The summed E-state index contributed by atoms with van der Waals surface area (Å²) in [4.78, 5) is 12.4. The number of carbonyl (C=O) groups excluding carboxylic acids is 1. The molecule has 0 radical (unpaired) electrons. The molecule has 122 valence electrons. The largest absolute Gasteiger partial charge is 0.349 e. The number of nitrogens with one attached hydrogen (secondary N) is 2. The molecular weight excluding hydrogens is 316 g/mol. The Kier molecular flexibility index (Phi) is 7.06. The first-order valence-corrected chi connectivity index (χ1v) is 9.14. The van der Waals surface area contributed by atoms with E-state index in [1.165, 1.54) is 24.8 Å². The fraction of sp³-hybridized carbons (Fsp3) is 0.588. The minimum Gasteiger partial charge on any atom is -0.349 e. The van der Waals surface area contributed by atoms with Crippen molar-refractivity contribution in [3.8, 4) is 0 Å². The van der Waals surface area contributed by atoms with E-state index in [1.807, 2.05) is 17.8 Å². The summed E-state index contributed by atoms with van der Waals surface area (Å²) < 4.78 is 0. The molecule has 1 aromatic carbocycles. The monoisotopic (exact) mass is 340 g/mol. The number of hydrogen-bond donors (Lipinski definition) is 2. The van der Waals surface area contributed by atoms with Crippen LogP contribution in [-0.4, -0.2) is 30.0 Å². The smallest absolute Gasteiger partial charge is 0.222 e. The first kappa shape index (κ1) is 17.6. The molecule has 1 saturated carbocycles. The molecule has 2 unspecified atom stereocenters. The molecule has 0 bridgehead atoms. The number of amides is 1. The van der Waals surface area contributed by atoms with Crippen LogP contribution in [0.5, 0.6) is 0 Å². The molecule has 3 rings (SSSR count). The van der Waals surface area contributed by atoms with E-state index in [0.29, 0.717) is 18.4 Å². The second kappa shape index (κ2) is 8.80. The fourth-order valence-electron chi connectivity index (χ4n) is 3.11. The molecule has 0 spiro atoms. The molecular formula is C17H25ClN2OS. The molecule has 22 heavy (non-hydrogen) atoms. The lowest BCUT2D eigenvalue weighted by molar-refractivity contribution is -0.122. The highest BCUT2D eigenvalue weighted by molar-refractivity contribution is 7.99. The number of rotatable bonds is 5. The van der Waals surface area contributed by atoms with Gasteiger partial charge < -0.3 is 10.6 Å². The third-order valence-corrected chi connectivity index (χ3v) is 5.66. The van der Waals surface area contributed by atoms with Gasteiger partial charge in [0.05, 0.1) is 6.04 Å². The van der Waals surface area contributed by atoms with E-state index in [0.717, 1.165) is 18.1 Å². The van der Waals surface area contributed by atoms with E-state index in [9.17, 15) is 4.79 Å². The van der Waals surface area contributed by atoms with Crippen LogP contribution in [0.2, 0.25) is 0 Å². The number of halogens is 1. The lowest BCUT2D eigenvalue weighted by Gasteiger charge is -2.35. The second-order valence-corrected chi connectivity index (χ2v) is 7.23. The van der Waals surface area contributed by atoms with Gasteiger partial charge in [-0.15, -0.1) is 12.4 Å². The molecule has 1 saturated heterocycles. The number of thioether (sulfide) groups is 1. The molecule has 1 aromatic rings. The van der Waals surface area contributed by atoms with Gasteiger partial charge in [-0.05, 0) is 24.3 Å². The summed E-state index contributed by atoms with van der Waals surface area (Å²) in [6.07, 6.45) is 4.36. The molecule has 5 heteroatoms. The third kappa shape index (κ3) is 4.64. The zero-order valence-electron chi connectivity index (χ0n) is 12.8. The van der Waals surface area contributed by atoms with Crippen molar-refractivity contribution in [2.45, 2.75) is 37.8 Å². The predicted molar refractivity (Wildman–Crippen MR) is 95.6 cm³/mol. The van der Waals surface area contributed by atoms with Crippen molar-refractivity contribution in [1.82, 2.24) is 10.6 Å². The molecule has 0 aromatic heterocycles. The molecule has 2 fully saturated rings.